The standard InChI is InChI=1S/C14H24N2O4/c1-14(2)4-3-6-15(7-5-14)13(20)16-9-10(17)8-11(16)12(18)19/h10-11,17H,3-9H2,1-2H3,(H,18,19)/t10-,11+/m1/s1. The van der Waals surface area contributed by atoms with Gasteiger partial charge < -0.3 is 20.0 Å². The van der Waals surface area contributed by atoms with Crippen molar-refractivity contribution in [2.45, 2.75) is 51.7 Å². The summed E-state index contributed by atoms with van der Waals surface area (Å²) in [5, 5.41) is 18.8. The smallest absolute Gasteiger partial charge is 0.326 e. The summed E-state index contributed by atoms with van der Waals surface area (Å²) in [6, 6.07) is -1.14. The molecule has 0 bridgehead atoms. The van der Waals surface area contributed by atoms with Crippen LogP contribution in [0, 0.1) is 5.41 Å². The van der Waals surface area contributed by atoms with E-state index in [1.54, 1.807) is 4.90 Å². The zero-order valence-electron chi connectivity index (χ0n) is 12.2. The third-order valence-electron chi connectivity index (χ3n) is 4.42. The topological polar surface area (TPSA) is 81.1 Å². The Morgan fingerprint density at radius 2 is 1.90 bits per heavy atom. The normalized spacial score (nSPS) is 30.1. The van der Waals surface area contributed by atoms with Crippen molar-refractivity contribution in [3.8, 4) is 0 Å². The zero-order valence-corrected chi connectivity index (χ0v) is 12.2. The molecule has 2 aliphatic rings. The van der Waals surface area contributed by atoms with Gasteiger partial charge in [0.05, 0.1) is 6.10 Å². The Labute approximate surface area is 119 Å². The highest BCUT2D eigenvalue weighted by molar-refractivity contribution is 5.83. The number of carbonyl (C=O) groups is 2. The Balaban J connectivity index is 2.05. The maximum atomic E-state index is 12.5. The van der Waals surface area contributed by atoms with Gasteiger partial charge in [0.2, 0.25) is 0 Å². The number of carboxylic acid groups (broad SMARTS) is 1. The van der Waals surface area contributed by atoms with Gasteiger partial charge in [-0.05, 0) is 24.7 Å². The van der Waals surface area contributed by atoms with E-state index in [9.17, 15) is 14.7 Å². The van der Waals surface area contributed by atoms with Gasteiger partial charge in [-0.25, -0.2) is 9.59 Å². The monoisotopic (exact) mass is 284 g/mol. The molecule has 0 radical (unpaired) electrons. The molecule has 2 aliphatic heterocycles. The molecular formula is C14H24N2O4. The van der Waals surface area contributed by atoms with E-state index in [2.05, 4.69) is 13.8 Å². The summed E-state index contributed by atoms with van der Waals surface area (Å²) in [6.45, 7) is 5.84. The quantitative estimate of drug-likeness (QED) is 0.756. The van der Waals surface area contributed by atoms with E-state index in [4.69, 9.17) is 5.11 Å². The second-order valence-electron chi connectivity index (χ2n) is 6.68. The van der Waals surface area contributed by atoms with E-state index in [0.29, 0.717) is 13.1 Å². The molecule has 2 amide bonds. The van der Waals surface area contributed by atoms with Crippen molar-refractivity contribution < 1.29 is 19.8 Å². The number of hydrogen-bond donors (Lipinski definition) is 2. The molecule has 0 saturated carbocycles. The van der Waals surface area contributed by atoms with Crippen LogP contribution in [0.3, 0.4) is 0 Å². The molecule has 0 spiro atoms. The van der Waals surface area contributed by atoms with Crippen LogP contribution in [0.25, 0.3) is 0 Å². The number of hydrogen-bond acceptors (Lipinski definition) is 3. The van der Waals surface area contributed by atoms with Gasteiger partial charge in [-0.2, -0.15) is 0 Å². The van der Waals surface area contributed by atoms with Gasteiger partial charge in [0.15, 0.2) is 0 Å². The summed E-state index contributed by atoms with van der Waals surface area (Å²) in [5.74, 6) is -1.04. The summed E-state index contributed by atoms with van der Waals surface area (Å²) in [6.07, 6.45) is 2.32. The van der Waals surface area contributed by atoms with E-state index < -0.39 is 18.1 Å². The molecule has 2 rings (SSSR count). The first-order valence-corrected chi connectivity index (χ1v) is 7.26. The predicted molar refractivity (Wildman–Crippen MR) is 73.4 cm³/mol. The minimum Gasteiger partial charge on any atom is -0.480 e. The van der Waals surface area contributed by atoms with Crippen molar-refractivity contribution in [3.63, 3.8) is 0 Å². The summed E-state index contributed by atoms with van der Waals surface area (Å²) < 4.78 is 0. The molecule has 2 N–H and O–H groups in total. The molecule has 6 nitrogen and oxygen atoms in total. The van der Waals surface area contributed by atoms with Gasteiger partial charge in [0.25, 0.3) is 0 Å². The first-order valence-electron chi connectivity index (χ1n) is 7.26. The van der Waals surface area contributed by atoms with Crippen molar-refractivity contribution in [1.82, 2.24) is 9.80 Å². The van der Waals surface area contributed by atoms with E-state index in [-0.39, 0.29) is 24.4 Å². The fraction of sp³-hybridized carbons (Fsp3) is 0.857. The third-order valence-corrected chi connectivity index (χ3v) is 4.42. The van der Waals surface area contributed by atoms with Crippen LogP contribution in [0.15, 0.2) is 0 Å². The maximum Gasteiger partial charge on any atom is 0.326 e. The number of aliphatic hydroxyl groups is 1. The van der Waals surface area contributed by atoms with Gasteiger partial charge in [0, 0.05) is 26.1 Å². The molecule has 2 atom stereocenters. The largest absolute Gasteiger partial charge is 0.480 e. The SMILES string of the molecule is CC1(C)CCCN(C(=O)N2C[C@H](O)C[C@H]2C(=O)O)CC1. The number of β-amino-alcohol motifs (C(OH)–C–C–N with tert-alkyl or cyclic N) is 1. The molecule has 0 aromatic rings. The van der Waals surface area contributed by atoms with Crippen LogP contribution in [0.1, 0.15) is 39.5 Å². The lowest BCUT2D eigenvalue weighted by Gasteiger charge is -2.29. The van der Waals surface area contributed by atoms with E-state index in [1.807, 2.05) is 0 Å². The lowest BCUT2D eigenvalue weighted by atomic mass is 9.85. The number of amides is 2. The number of urea groups is 1. The van der Waals surface area contributed by atoms with E-state index >= 15 is 0 Å². The molecule has 2 fully saturated rings. The van der Waals surface area contributed by atoms with Gasteiger partial charge in [-0.15, -0.1) is 0 Å². The number of likely N-dealkylation sites (tertiary alicyclic amines) is 2. The Hall–Kier alpha value is -1.30. The summed E-state index contributed by atoms with van der Waals surface area (Å²) >= 11 is 0. The molecule has 114 valence electrons. The lowest BCUT2D eigenvalue weighted by Crippen LogP contribution is -2.48. The third kappa shape index (κ3) is 3.23. The van der Waals surface area contributed by atoms with Crippen LogP contribution in [0.2, 0.25) is 0 Å². The van der Waals surface area contributed by atoms with Crippen molar-refractivity contribution in [1.29, 1.82) is 0 Å². The molecule has 0 aromatic heterocycles. The highest BCUT2D eigenvalue weighted by Gasteiger charge is 2.41. The first kappa shape index (κ1) is 15.1. The number of aliphatic carboxylic acids is 1. The number of aliphatic hydroxyl groups excluding tert-OH is 1. The van der Waals surface area contributed by atoms with Crippen molar-refractivity contribution in [2.75, 3.05) is 19.6 Å². The predicted octanol–water partition coefficient (Wildman–Crippen LogP) is 1.14. The van der Waals surface area contributed by atoms with Crippen LogP contribution in [0.5, 0.6) is 0 Å². The first-order chi connectivity index (χ1) is 9.30. The van der Waals surface area contributed by atoms with Crippen LogP contribution in [-0.4, -0.2) is 63.8 Å². The van der Waals surface area contributed by atoms with Crippen molar-refractivity contribution in [2.24, 2.45) is 5.41 Å². The van der Waals surface area contributed by atoms with Gasteiger partial charge in [0.1, 0.15) is 6.04 Å². The molecule has 20 heavy (non-hydrogen) atoms. The summed E-state index contributed by atoms with van der Waals surface area (Å²) in [4.78, 5) is 26.7. The maximum absolute atomic E-state index is 12.5. The highest BCUT2D eigenvalue weighted by atomic mass is 16.4. The van der Waals surface area contributed by atoms with Crippen LogP contribution >= 0.6 is 0 Å². The summed E-state index contributed by atoms with van der Waals surface area (Å²) in [5.41, 5.74) is 0.228. The second kappa shape index (κ2) is 5.60. The van der Waals surface area contributed by atoms with Crippen molar-refractivity contribution in [3.05, 3.63) is 0 Å². The average molecular weight is 284 g/mol. The van der Waals surface area contributed by atoms with Gasteiger partial charge in [-0.3, -0.25) is 0 Å². The fourth-order valence-electron chi connectivity index (χ4n) is 3.06. The average Bonchev–Trinajstić information content (AvgIpc) is 2.65. The number of rotatable bonds is 1. The van der Waals surface area contributed by atoms with Crippen LogP contribution in [-0.2, 0) is 4.79 Å². The van der Waals surface area contributed by atoms with Crippen molar-refractivity contribution >= 4 is 12.0 Å². The van der Waals surface area contributed by atoms with Crippen LogP contribution < -0.4 is 0 Å². The summed E-state index contributed by atoms with van der Waals surface area (Å²) in [7, 11) is 0. The molecule has 0 aromatic carbocycles. The molecule has 2 saturated heterocycles. The Morgan fingerprint density at radius 1 is 1.20 bits per heavy atom. The fourth-order valence-corrected chi connectivity index (χ4v) is 3.06. The Kier molecular flexibility index (Phi) is 4.22. The van der Waals surface area contributed by atoms with E-state index in [1.165, 1.54) is 4.90 Å². The minimum atomic E-state index is -1.04. The Bertz CT molecular complexity index is 397. The number of carbonyl (C=O) groups excluding carboxylic acids is 1. The molecule has 0 aliphatic carbocycles. The number of nitrogens with zero attached hydrogens (tertiary/aromatic N) is 2. The van der Waals surface area contributed by atoms with E-state index in [0.717, 1.165) is 19.3 Å². The van der Waals surface area contributed by atoms with Gasteiger partial charge in [-0.1, -0.05) is 13.8 Å². The lowest BCUT2D eigenvalue weighted by molar-refractivity contribution is -0.141. The van der Waals surface area contributed by atoms with Gasteiger partial charge >= 0.3 is 12.0 Å². The molecule has 2 heterocycles. The molecule has 6 heteroatoms. The molecule has 0 unspecified atom stereocenters. The number of carboxylic acids is 1. The second-order valence-corrected chi connectivity index (χ2v) is 6.68. The molecular weight excluding hydrogens is 260 g/mol. The Morgan fingerprint density at radius 3 is 2.55 bits per heavy atom. The zero-order chi connectivity index (χ0) is 14.9. The minimum absolute atomic E-state index is 0.121. The highest BCUT2D eigenvalue weighted by Crippen LogP contribution is 2.30. The van der Waals surface area contributed by atoms with Crippen LogP contribution in [0.4, 0.5) is 4.79 Å².